The molecule has 2 saturated heterocycles. The predicted octanol–water partition coefficient (Wildman–Crippen LogP) is -0.803. The SMILES string of the molecule is COCC(=O)N1CC[C@](O)(CN2CCC(NC(C)=O)CC2)C1. The first-order valence-corrected chi connectivity index (χ1v) is 7.90. The highest BCUT2D eigenvalue weighted by molar-refractivity contribution is 5.77. The highest BCUT2D eigenvalue weighted by Gasteiger charge is 2.39. The van der Waals surface area contributed by atoms with Crippen molar-refractivity contribution in [1.82, 2.24) is 15.1 Å². The first kappa shape index (κ1) is 17.2. The van der Waals surface area contributed by atoms with Crippen molar-refractivity contribution in [2.75, 3.05) is 46.4 Å². The van der Waals surface area contributed by atoms with Crippen LogP contribution in [0.2, 0.25) is 0 Å². The van der Waals surface area contributed by atoms with E-state index in [9.17, 15) is 14.7 Å². The number of β-amino-alcohol motifs (C(OH)–C–C–N with tert-alkyl or cyclic N) is 1. The van der Waals surface area contributed by atoms with E-state index in [2.05, 4.69) is 10.2 Å². The molecule has 0 aliphatic carbocycles. The summed E-state index contributed by atoms with van der Waals surface area (Å²) in [6.07, 6.45) is 2.41. The van der Waals surface area contributed by atoms with Gasteiger partial charge in [0, 0.05) is 46.3 Å². The number of nitrogens with zero attached hydrogens (tertiary/aromatic N) is 2. The molecule has 22 heavy (non-hydrogen) atoms. The second-order valence-electron chi connectivity index (χ2n) is 6.47. The number of nitrogens with one attached hydrogen (secondary N) is 1. The van der Waals surface area contributed by atoms with Crippen LogP contribution in [0.25, 0.3) is 0 Å². The fourth-order valence-corrected chi connectivity index (χ4v) is 3.35. The number of hydrogen-bond acceptors (Lipinski definition) is 5. The third-order valence-electron chi connectivity index (χ3n) is 4.47. The van der Waals surface area contributed by atoms with E-state index in [0.717, 1.165) is 25.9 Å². The summed E-state index contributed by atoms with van der Waals surface area (Å²) in [5, 5.41) is 13.6. The molecule has 2 rings (SSSR count). The topological polar surface area (TPSA) is 82.1 Å². The number of aliphatic hydroxyl groups is 1. The van der Waals surface area contributed by atoms with Crippen molar-refractivity contribution in [2.24, 2.45) is 0 Å². The molecule has 2 heterocycles. The maximum absolute atomic E-state index is 11.8. The Labute approximate surface area is 131 Å². The minimum atomic E-state index is -0.829. The van der Waals surface area contributed by atoms with Crippen LogP contribution in [0.3, 0.4) is 0 Å². The lowest BCUT2D eigenvalue weighted by molar-refractivity contribution is -0.135. The number of piperidine rings is 1. The second-order valence-corrected chi connectivity index (χ2v) is 6.47. The molecule has 126 valence electrons. The van der Waals surface area contributed by atoms with Gasteiger partial charge in [-0.3, -0.25) is 9.59 Å². The number of carbonyl (C=O) groups is 2. The minimum absolute atomic E-state index is 0.0140. The van der Waals surface area contributed by atoms with Gasteiger partial charge in [0.15, 0.2) is 0 Å². The van der Waals surface area contributed by atoms with Gasteiger partial charge in [0.25, 0.3) is 0 Å². The van der Waals surface area contributed by atoms with Crippen LogP contribution in [0.1, 0.15) is 26.2 Å². The monoisotopic (exact) mass is 313 g/mol. The van der Waals surface area contributed by atoms with E-state index in [1.54, 1.807) is 11.8 Å². The average Bonchev–Trinajstić information content (AvgIpc) is 2.83. The molecule has 0 unspecified atom stereocenters. The van der Waals surface area contributed by atoms with Gasteiger partial charge < -0.3 is 25.0 Å². The van der Waals surface area contributed by atoms with Crippen LogP contribution in [0.4, 0.5) is 0 Å². The first-order chi connectivity index (χ1) is 10.4. The quantitative estimate of drug-likeness (QED) is 0.694. The van der Waals surface area contributed by atoms with E-state index in [1.807, 2.05) is 0 Å². The average molecular weight is 313 g/mol. The van der Waals surface area contributed by atoms with Crippen molar-refractivity contribution >= 4 is 11.8 Å². The lowest BCUT2D eigenvalue weighted by Gasteiger charge is -2.36. The van der Waals surface area contributed by atoms with Crippen LogP contribution in [-0.2, 0) is 14.3 Å². The van der Waals surface area contributed by atoms with Crippen molar-refractivity contribution in [3.05, 3.63) is 0 Å². The molecule has 0 bridgehead atoms. The molecule has 0 radical (unpaired) electrons. The van der Waals surface area contributed by atoms with E-state index in [1.165, 1.54) is 7.11 Å². The molecule has 2 aliphatic heterocycles. The van der Waals surface area contributed by atoms with Crippen LogP contribution >= 0.6 is 0 Å². The molecular formula is C15H27N3O4. The summed E-state index contributed by atoms with van der Waals surface area (Å²) in [6, 6.07) is 0.242. The van der Waals surface area contributed by atoms with Crippen molar-refractivity contribution in [2.45, 2.75) is 37.8 Å². The highest BCUT2D eigenvalue weighted by atomic mass is 16.5. The number of carbonyl (C=O) groups excluding carboxylic acids is 2. The van der Waals surface area contributed by atoms with Crippen LogP contribution in [0.5, 0.6) is 0 Å². The molecule has 2 N–H and O–H groups in total. The van der Waals surface area contributed by atoms with E-state index >= 15 is 0 Å². The molecule has 2 fully saturated rings. The van der Waals surface area contributed by atoms with E-state index < -0.39 is 5.60 Å². The summed E-state index contributed by atoms with van der Waals surface area (Å²) in [6.45, 7) is 4.87. The van der Waals surface area contributed by atoms with Gasteiger partial charge in [0.2, 0.25) is 11.8 Å². The fraction of sp³-hybridized carbons (Fsp3) is 0.867. The Bertz CT molecular complexity index is 410. The van der Waals surface area contributed by atoms with Crippen molar-refractivity contribution in [3.63, 3.8) is 0 Å². The lowest BCUT2D eigenvalue weighted by Crippen LogP contribution is -2.51. The molecule has 7 heteroatoms. The Balaban J connectivity index is 1.77. The summed E-state index contributed by atoms with van der Waals surface area (Å²) in [5.41, 5.74) is -0.829. The third kappa shape index (κ3) is 4.66. The molecule has 1 atom stereocenters. The number of ether oxygens (including phenoxy) is 1. The smallest absolute Gasteiger partial charge is 0.248 e. The van der Waals surface area contributed by atoms with Gasteiger partial charge in [-0.25, -0.2) is 0 Å². The predicted molar refractivity (Wildman–Crippen MR) is 81.3 cm³/mol. The second kappa shape index (κ2) is 7.39. The maximum Gasteiger partial charge on any atom is 0.248 e. The minimum Gasteiger partial charge on any atom is -0.387 e. The molecule has 0 aromatic carbocycles. The number of hydrogen-bond donors (Lipinski definition) is 2. The summed E-state index contributed by atoms with van der Waals surface area (Å²) in [4.78, 5) is 26.8. The molecule has 0 aromatic rings. The Morgan fingerprint density at radius 2 is 2.00 bits per heavy atom. The zero-order valence-corrected chi connectivity index (χ0v) is 13.5. The summed E-state index contributed by atoms with van der Waals surface area (Å²) in [7, 11) is 1.50. The number of rotatable bonds is 5. The van der Waals surface area contributed by atoms with Gasteiger partial charge in [-0.15, -0.1) is 0 Å². The zero-order chi connectivity index (χ0) is 16.2. The van der Waals surface area contributed by atoms with Gasteiger partial charge in [-0.2, -0.15) is 0 Å². The normalized spacial score (nSPS) is 27.1. The van der Waals surface area contributed by atoms with Crippen LogP contribution in [0.15, 0.2) is 0 Å². The van der Waals surface area contributed by atoms with E-state index in [4.69, 9.17) is 4.74 Å². The Kier molecular flexibility index (Phi) is 5.77. The third-order valence-corrected chi connectivity index (χ3v) is 4.47. The molecule has 0 aromatic heterocycles. The standard InChI is InChI=1S/C15H27N3O4/c1-12(19)16-13-3-6-17(7-4-13)10-15(21)5-8-18(11-15)14(20)9-22-2/h13,21H,3-11H2,1-2H3,(H,16,19)/t15-/m0/s1. The summed E-state index contributed by atoms with van der Waals surface area (Å²) in [5.74, 6) is -0.0528. The fourth-order valence-electron chi connectivity index (χ4n) is 3.35. The van der Waals surface area contributed by atoms with Gasteiger partial charge in [0.1, 0.15) is 6.61 Å². The molecule has 2 aliphatic rings. The highest BCUT2D eigenvalue weighted by Crippen LogP contribution is 2.24. The summed E-state index contributed by atoms with van der Waals surface area (Å²) < 4.78 is 4.86. The van der Waals surface area contributed by atoms with Crippen molar-refractivity contribution in [1.29, 1.82) is 0 Å². The van der Waals surface area contributed by atoms with E-state index in [-0.39, 0.29) is 24.5 Å². The Morgan fingerprint density at radius 3 is 2.59 bits per heavy atom. The maximum atomic E-state index is 11.8. The molecule has 0 saturated carbocycles. The van der Waals surface area contributed by atoms with Crippen LogP contribution < -0.4 is 5.32 Å². The van der Waals surface area contributed by atoms with Crippen LogP contribution in [-0.4, -0.2) is 84.8 Å². The first-order valence-electron chi connectivity index (χ1n) is 7.90. The largest absolute Gasteiger partial charge is 0.387 e. The van der Waals surface area contributed by atoms with Gasteiger partial charge in [0.05, 0.1) is 12.1 Å². The number of methoxy groups -OCH3 is 1. The summed E-state index contributed by atoms with van der Waals surface area (Å²) >= 11 is 0. The molecular weight excluding hydrogens is 286 g/mol. The lowest BCUT2D eigenvalue weighted by atomic mass is 9.99. The van der Waals surface area contributed by atoms with Gasteiger partial charge in [-0.05, 0) is 19.3 Å². The zero-order valence-electron chi connectivity index (χ0n) is 13.5. The van der Waals surface area contributed by atoms with Crippen LogP contribution in [0, 0.1) is 0 Å². The Morgan fingerprint density at radius 1 is 1.32 bits per heavy atom. The van der Waals surface area contributed by atoms with Crippen molar-refractivity contribution < 1.29 is 19.4 Å². The number of likely N-dealkylation sites (tertiary alicyclic amines) is 2. The molecule has 0 spiro atoms. The van der Waals surface area contributed by atoms with Crippen molar-refractivity contribution in [3.8, 4) is 0 Å². The molecule has 2 amide bonds. The van der Waals surface area contributed by atoms with E-state index in [0.29, 0.717) is 26.1 Å². The Hall–Kier alpha value is -1.18. The van der Waals surface area contributed by atoms with Gasteiger partial charge >= 0.3 is 0 Å². The number of amides is 2. The molecule has 7 nitrogen and oxygen atoms in total. The van der Waals surface area contributed by atoms with Gasteiger partial charge in [-0.1, -0.05) is 0 Å².